The van der Waals surface area contributed by atoms with Gasteiger partial charge in [-0.3, -0.25) is 10.1 Å². The number of amides is 2. The third kappa shape index (κ3) is 7.01. The van der Waals surface area contributed by atoms with E-state index in [2.05, 4.69) is 16.0 Å². The fourth-order valence-corrected chi connectivity index (χ4v) is 2.95. The summed E-state index contributed by atoms with van der Waals surface area (Å²) in [6.07, 6.45) is -0.653. The average molecular weight is 442 g/mol. The van der Waals surface area contributed by atoms with Gasteiger partial charge in [-0.2, -0.15) is 0 Å². The van der Waals surface area contributed by atoms with E-state index >= 15 is 0 Å². The largest absolute Gasteiger partial charge is 0.464 e. The maximum Gasteiger partial charge on any atom is 0.412 e. The van der Waals surface area contributed by atoms with Gasteiger partial charge in [-0.15, -0.1) is 0 Å². The fraction of sp³-hybridized carbons (Fsp3) is 0.375. The normalized spacial score (nSPS) is 11.8. The maximum atomic E-state index is 13.1. The van der Waals surface area contributed by atoms with Crippen molar-refractivity contribution in [3.63, 3.8) is 0 Å². The number of hydrogen-bond donors (Lipinski definition) is 3. The molecule has 172 valence electrons. The molecule has 0 aliphatic rings. The third-order valence-corrected chi connectivity index (χ3v) is 4.38. The minimum atomic E-state index is -1.34. The number of carbonyl (C=O) groups excluding carboxylic acids is 3. The van der Waals surface area contributed by atoms with Crippen LogP contribution in [0.5, 0.6) is 0 Å². The van der Waals surface area contributed by atoms with Crippen molar-refractivity contribution in [1.82, 2.24) is 0 Å². The molecule has 2 amide bonds. The van der Waals surface area contributed by atoms with Gasteiger partial charge in [0.2, 0.25) is 6.04 Å². The summed E-state index contributed by atoms with van der Waals surface area (Å²) in [5.74, 6) is -1.31. The van der Waals surface area contributed by atoms with Crippen LogP contribution >= 0.6 is 0 Å². The Labute approximate surface area is 188 Å². The molecule has 0 aromatic heterocycles. The molecule has 2 aromatic carbocycles. The summed E-state index contributed by atoms with van der Waals surface area (Å²) in [6, 6.07) is 11.0. The molecule has 1 unspecified atom stereocenters. The van der Waals surface area contributed by atoms with Crippen LogP contribution in [0.3, 0.4) is 0 Å². The van der Waals surface area contributed by atoms with Gasteiger partial charge in [-0.05, 0) is 64.8 Å². The van der Waals surface area contributed by atoms with Crippen LogP contribution in [0.25, 0.3) is 0 Å². The molecule has 32 heavy (non-hydrogen) atoms. The van der Waals surface area contributed by atoms with Crippen LogP contribution in [0, 0.1) is 13.8 Å². The van der Waals surface area contributed by atoms with Crippen molar-refractivity contribution in [3.8, 4) is 0 Å². The summed E-state index contributed by atoms with van der Waals surface area (Å²) >= 11 is 0. The minimum absolute atomic E-state index is 0.117. The van der Waals surface area contributed by atoms with E-state index in [1.807, 2.05) is 32.0 Å². The third-order valence-electron chi connectivity index (χ3n) is 4.38. The number of esters is 1. The number of carbonyl (C=O) groups is 3. The Morgan fingerprint density at radius 2 is 1.50 bits per heavy atom. The van der Waals surface area contributed by atoms with E-state index in [9.17, 15) is 14.4 Å². The highest BCUT2D eigenvalue weighted by Gasteiger charge is 2.30. The zero-order valence-corrected chi connectivity index (χ0v) is 19.4. The topological polar surface area (TPSA) is 106 Å². The highest BCUT2D eigenvalue weighted by Crippen LogP contribution is 2.24. The van der Waals surface area contributed by atoms with Crippen LogP contribution in [0.4, 0.5) is 21.9 Å². The van der Waals surface area contributed by atoms with Gasteiger partial charge in [0, 0.05) is 5.69 Å². The molecule has 0 saturated carbocycles. The lowest BCUT2D eigenvalue weighted by atomic mass is 10.1. The van der Waals surface area contributed by atoms with Crippen LogP contribution in [0.15, 0.2) is 42.5 Å². The van der Waals surface area contributed by atoms with Gasteiger partial charge in [0.1, 0.15) is 5.60 Å². The SMILES string of the molecule is CCOC(=O)C(Nc1ccccc1NC(=O)OC(C)(C)C)C(=O)Nc1c(C)cccc1C. The monoisotopic (exact) mass is 441 g/mol. The Balaban J connectivity index is 2.29. The first-order chi connectivity index (χ1) is 15.0. The Morgan fingerprint density at radius 3 is 2.06 bits per heavy atom. The Hall–Kier alpha value is -3.55. The second-order valence-electron chi connectivity index (χ2n) is 8.26. The zero-order chi connectivity index (χ0) is 23.9. The van der Waals surface area contributed by atoms with Crippen molar-refractivity contribution in [1.29, 1.82) is 0 Å². The molecule has 0 bridgehead atoms. The summed E-state index contributed by atoms with van der Waals surface area (Å²) in [4.78, 5) is 37.9. The molecule has 0 aliphatic heterocycles. The van der Waals surface area contributed by atoms with Gasteiger partial charge in [-0.25, -0.2) is 9.59 Å². The number of para-hydroxylation sites is 3. The van der Waals surface area contributed by atoms with Crippen LogP contribution in [0.2, 0.25) is 0 Å². The fourth-order valence-electron chi connectivity index (χ4n) is 2.95. The Morgan fingerprint density at radius 1 is 0.906 bits per heavy atom. The zero-order valence-electron chi connectivity index (χ0n) is 19.4. The van der Waals surface area contributed by atoms with Gasteiger partial charge >= 0.3 is 12.1 Å². The molecular formula is C24H31N3O5. The van der Waals surface area contributed by atoms with Crippen LogP contribution < -0.4 is 16.0 Å². The van der Waals surface area contributed by atoms with Crippen molar-refractivity contribution in [3.05, 3.63) is 53.6 Å². The number of hydrogen-bond acceptors (Lipinski definition) is 6. The van der Waals surface area contributed by atoms with Crippen molar-refractivity contribution >= 4 is 35.0 Å². The molecular weight excluding hydrogens is 410 g/mol. The lowest BCUT2D eigenvalue weighted by molar-refractivity contribution is -0.146. The predicted molar refractivity (Wildman–Crippen MR) is 125 cm³/mol. The summed E-state index contributed by atoms with van der Waals surface area (Å²) in [6.45, 7) is 10.8. The first-order valence-corrected chi connectivity index (χ1v) is 10.4. The predicted octanol–water partition coefficient (Wildman–Crippen LogP) is 4.63. The average Bonchev–Trinajstić information content (AvgIpc) is 2.68. The van der Waals surface area contributed by atoms with Crippen molar-refractivity contribution < 1.29 is 23.9 Å². The van der Waals surface area contributed by atoms with Crippen LogP contribution in [-0.2, 0) is 19.1 Å². The first-order valence-electron chi connectivity index (χ1n) is 10.4. The quantitative estimate of drug-likeness (QED) is 0.427. The van der Waals surface area contributed by atoms with E-state index in [4.69, 9.17) is 9.47 Å². The molecule has 1 atom stereocenters. The van der Waals surface area contributed by atoms with E-state index in [0.717, 1.165) is 11.1 Å². The number of nitrogens with one attached hydrogen (secondary N) is 3. The van der Waals surface area contributed by atoms with Crippen LogP contribution in [0.1, 0.15) is 38.8 Å². The van der Waals surface area contributed by atoms with Crippen molar-refractivity contribution in [2.45, 2.75) is 53.2 Å². The molecule has 0 heterocycles. The standard InChI is InChI=1S/C24H31N3O5/c1-7-31-22(29)20(21(28)27-19-15(2)11-10-12-16(19)3)25-17-13-8-9-14-18(17)26-23(30)32-24(4,5)6/h8-14,20,25H,7H2,1-6H3,(H,26,30)(H,27,28). The molecule has 0 aliphatic carbocycles. The van der Waals surface area contributed by atoms with E-state index in [0.29, 0.717) is 17.1 Å². The summed E-state index contributed by atoms with van der Waals surface area (Å²) in [7, 11) is 0. The van der Waals surface area contributed by atoms with Crippen molar-refractivity contribution in [2.75, 3.05) is 22.6 Å². The van der Waals surface area contributed by atoms with E-state index in [-0.39, 0.29) is 6.61 Å². The molecule has 0 saturated heterocycles. The Kier molecular flexibility index (Phi) is 8.23. The molecule has 8 nitrogen and oxygen atoms in total. The molecule has 2 aromatic rings. The Bertz CT molecular complexity index is 962. The second kappa shape index (κ2) is 10.7. The van der Waals surface area contributed by atoms with E-state index in [1.54, 1.807) is 52.0 Å². The number of benzene rings is 2. The second-order valence-corrected chi connectivity index (χ2v) is 8.26. The lowest BCUT2D eigenvalue weighted by Crippen LogP contribution is -2.43. The van der Waals surface area contributed by atoms with Gasteiger partial charge in [0.05, 0.1) is 18.0 Å². The summed E-state index contributed by atoms with van der Waals surface area (Å²) < 4.78 is 10.4. The number of aryl methyl sites for hydroxylation is 2. The van der Waals surface area contributed by atoms with Crippen LogP contribution in [-0.4, -0.2) is 36.2 Å². The van der Waals surface area contributed by atoms with Gasteiger partial charge in [-0.1, -0.05) is 30.3 Å². The van der Waals surface area contributed by atoms with E-state index in [1.165, 1.54) is 0 Å². The van der Waals surface area contributed by atoms with Gasteiger partial charge in [0.15, 0.2) is 0 Å². The smallest absolute Gasteiger partial charge is 0.412 e. The number of ether oxygens (including phenoxy) is 2. The van der Waals surface area contributed by atoms with Gasteiger partial charge < -0.3 is 20.1 Å². The summed E-state index contributed by atoms with van der Waals surface area (Å²) in [5.41, 5.74) is 2.42. The highest BCUT2D eigenvalue weighted by atomic mass is 16.6. The van der Waals surface area contributed by atoms with E-state index < -0.39 is 29.6 Å². The minimum Gasteiger partial charge on any atom is -0.464 e. The maximum absolute atomic E-state index is 13.1. The number of anilines is 3. The first kappa shape index (κ1) is 24.7. The highest BCUT2D eigenvalue weighted by molar-refractivity contribution is 6.11. The lowest BCUT2D eigenvalue weighted by Gasteiger charge is -2.23. The molecule has 2 rings (SSSR count). The number of rotatable bonds is 7. The molecule has 8 heteroatoms. The summed E-state index contributed by atoms with van der Waals surface area (Å²) in [5, 5.41) is 8.36. The molecule has 0 radical (unpaired) electrons. The molecule has 3 N–H and O–H groups in total. The molecule has 0 spiro atoms. The van der Waals surface area contributed by atoms with Crippen molar-refractivity contribution in [2.24, 2.45) is 0 Å². The molecule has 0 fully saturated rings. The van der Waals surface area contributed by atoms with Gasteiger partial charge in [0.25, 0.3) is 5.91 Å².